The predicted octanol–water partition coefficient (Wildman–Crippen LogP) is 3.92. The number of carbonyl (C=O) groups is 2. The molecule has 0 aliphatic carbocycles. The van der Waals surface area contributed by atoms with Gasteiger partial charge in [0.1, 0.15) is 5.75 Å². The molecule has 1 atom stereocenters. The van der Waals surface area contributed by atoms with Crippen molar-refractivity contribution in [2.75, 3.05) is 27.2 Å². The van der Waals surface area contributed by atoms with E-state index in [0.717, 1.165) is 41.8 Å². The van der Waals surface area contributed by atoms with E-state index in [1.54, 1.807) is 14.2 Å². The maximum absolute atomic E-state index is 12.9. The average Bonchev–Trinajstić information content (AvgIpc) is 2.78. The number of rotatable bonds is 6. The molecule has 160 valence electrons. The second-order valence-corrected chi connectivity index (χ2v) is 8.48. The van der Waals surface area contributed by atoms with Gasteiger partial charge in [0, 0.05) is 26.1 Å². The number of carbonyl (C=O) groups excluding carboxylic acids is 2. The third-order valence-electron chi connectivity index (χ3n) is 6.01. The van der Waals surface area contributed by atoms with Crippen molar-refractivity contribution in [3.8, 4) is 16.9 Å². The lowest BCUT2D eigenvalue weighted by molar-refractivity contribution is -0.143. The Balaban J connectivity index is 1.81. The Morgan fingerprint density at radius 1 is 1.07 bits per heavy atom. The van der Waals surface area contributed by atoms with Crippen molar-refractivity contribution in [2.24, 2.45) is 11.3 Å². The van der Waals surface area contributed by atoms with Crippen molar-refractivity contribution < 1.29 is 14.3 Å². The van der Waals surface area contributed by atoms with E-state index in [1.165, 1.54) is 0 Å². The molecule has 1 saturated heterocycles. The van der Waals surface area contributed by atoms with Crippen molar-refractivity contribution in [1.29, 1.82) is 0 Å². The molecule has 5 nitrogen and oxygen atoms in total. The van der Waals surface area contributed by atoms with Gasteiger partial charge in [-0.15, -0.1) is 0 Å². The molecule has 2 aromatic rings. The number of hydrogen-bond donors (Lipinski definition) is 1. The van der Waals surface area contributed by atoms with Crippen LogP contribution in [0.4, 0.5) is 0 Å². The smallest absolute Gasteiger partial charge is 0.228 e. The van der Waals surface area contributed by atoms with E-state index < -0.39 is 5.41 Å². The third-order valence-corrected chi connectivity index (χ3v) is 6.01. The van der Waals surface area contributed by atoms with Gasteiger partial charge in [-0.05, 0) is 48.1 Å². The zero-order valence-corrected chi connectivity index (χ0v) is 18.4. The van der Waals surface area contributed by atoms with Crippen LogP contribution in [0.25, 0.3) is 11.1 Å². The molecule has 5 heteroatoms. The summed E-state index contributed by atoms with van der Waals surface area (Å²) in [6.45, 7) is 5.03. The van der Waals surface area contributed by atoms with Crippen LogP contribution in [-0.4, -0.2) is 44.0 Å². The lowest BCUT2D eigenvalue weighted by atomic mass is 9.74. The molecule has 1 N–H and O–H groups in total. The van der Waals surface area contributed by atoms with Gasteiger partial charge in [0.15, 0.2) is 0 Å². The lowest BCUT2D eigenvalue weighted by Gasteiger charge is -2.42. The molecule has 1 fully saturated rings. The third kappa shape index (κ3) is 4.66. The van der Waals surface area contributed by atoms with Crippen LogP contribution in [0.1, 0.15) is 32.3 Å². The number of ether oxygens (including phenoxy) is 1. The highest BCUT2D eigenvalue weighted by molar-refractivity contribution is 5.85. The fourth-order valence-electron chi connectivity index (χ4n) is 4.35. The topological polar surface area (TPSA) is 58.6 Å². The Morgan fingerprint density at radius 2 is 1.67 bits per heavy atom. The zero-order valence-electron chi connectivity index (χ0n) is 18.4. The normalized spacial score (nSPS) is 18.9. The summed E-state index contributed by atoms with van der Waals surface area (Å²) in [5.74, 6) is 0.913. The number of methoxy groups -OCH3 is 1. The van der Waals surface area contributed by atoms with Crippen LogP contribution in [-0.2, 0) is 16.0 Å². The summed E-state index contributed by atoms with van der Waals surface area (Å²) in [6.07, 6.45) is 2.25. The number of nitrogens with one attached hydrogen (secondary N) is 1. The number of piperidine rings is 1. The molecule has 0 spiro atoms. The zero-order chi connectivity index (χ0) is 21.7. The van der Waals surface area contributed by atoms with Gasteiger partial charge in [0.25, 0.3) is 0 Å². The number of hydrogen-bond acceptors (Lipinski definition) is 3. The Bertz CT molecular complexity index is 874. The molecule has 0 saturated carbocycles. The minimum atomic E-state index is -0.584. The van der Waals surface area contributed by atoms with Crippen LogP contribution in [0, 0.1) is 11.3 Å². The Morgan fingerprint density at radius 3 is 2.20 bits per heavy atom. The number of likely N-dealkylation sites (tertiary alicyclic amines) is 1. The summed E-state index contributed by atoms with van der Waals surface area (Å²) >= 11 is 0. The molecule has 30 heavy (non-hydrogen) atoms. The minimum Gasteiger partial charge on any atom is -0.497 e. The van der Waals surface area contributed by atoms with Gasteiger partial charge in [-0.3, -0.25) is 9.59 Å². The maximum atomic E-state index is 12.9. The summed E-state index contributed by atoms with van der Waals surface area (Å²) in [6, 6.07) is 16.3. The molecule has 2 amide bonds. The van der Waals surface area contributed by atoms with E-state index in [1.807, 2.05) is 43.0 Å². The molecular formula is C25H32N2O3. The van der Waals surface area contributed by atoms with Gasteiger partial charge >= 0.3 is 0 Å². The molecule has 0 aromatic heterocycles. The second kappa shape index (κ2) is 9.33. The minimum absolute atomic E-state index is 0.0167. The summed E-state index contributed by atoms with van der Waals surface area (Å²) in [5.41, 5.74) is 2.76. The van der Waals surface area contributed by atoms with Gasteiger partial charge in [0.05, 0.1) is 12.5 Å². The summed E-state index contributed by atoms with van der Waals surface area (Å²) in [5, 5.41) is 2.84. The quantitative estimate of drug-likeness (QED) is 0.788. The highest BCUT2D eigenvalue weighted by atomic mass is 16.5. The first-order valence-electron chi connectivity index (χ1n) is 10.6. The Kier molecular flexibility index (Phi) is 6.80. The van der Waals surface area contributed by atoms with Crippen molar-refractivity contribution in [3.05, 3.63) is 54.1 Å². The molecule has 0 radical (unpaired) electrons. The van der Waals surface area contributed by atoms with Crippen LogP contribution >= 0.6 is 0 Å². The van der Waals surface area contributed by atoms with E-state index in [4.69, 9.17) is 4.74 Å². The van der Waals surface area contributed by atoms with Crippen LogP contribution in [0.3, 0.4) is 0 Å². The number of benzene rings is 2. The van der Waals surface area contributed by atoms with Crippen molar-refractivity contribution >= 4 is 11.8 Å². The van der Waals surface area contributed by atoms with Gasteiger partial charge in [-0.25, -0.2) is 0 Å². The van der Waals surface area contributed by atoms with Crippen LogP contribution < -0.4 is 10.1 Å². The lowest BCUT2D eigenvalue weighted by Crippen LogP contribution is -2.54. The predicted molar refractivity (Wildman–Crippen MR) is 119 cm³/mol. The fourth-order valence-corrected chi connectivity index (χ4v) is 4.35. The molecule has 0 unspecified atom stereocenters. The first kappa shape index (κ1) is 21.9. The molecule has 1 heterocycles. The van der Waals surface area contributed by atoms with Gasteiger partial charge in [-0.2, -0.15) is 0 Å². The summed E-state index contributed by atoms with van der Waals surface area (Å²) in [4.78, 5) is 27.4. The van der Waals surface area contributed by atoms with Crippen LogP contribution in [0.2, 0.25) is 0 Å². The largest absolute Gasteiger partial charge is 0.497 e. The molecule has 3 rings (SSSR count). The van der Waals surface area contributed by atoms with Crippen LogP contribution in [0.15, 0.2) is 48.5 Å². The Hall–Kier alpha value is -2.82. The van der Waals surface area contributed by atoms with E-state index >= 15 is 0 Å². The van der Waals surface area contributed by atoms with Crippen molar-refractivity contribution in [2.45, 2.75) is 33.1 Å². The van der Waals surface area contributed by atoms with Crippen molar-refractivity contribution in [3.63, 3.8) is 0 Å². The molecule has 2 aromatic carbocycles. The standard InChI is InChI=1S/C25H32N2O3/c1-18(2)23(28)27-15-5-14-25(17-27,24(29)26-3)16-19-6-8-20(9-7-19)21-10-12-22(30-4)13-11-21/h6-13,18H,5,14-17H2,1-4H3,(H,26,29)/t25-/m1/s1. The molecule has 1 aliphatic rings. The molecule has 1 aliphatic heterocycles. The number of amides is 2. The monoisotopic (exact) mass is 408 g/mol. The van der Waals surface area contributed by atoms with E-state index in [2.05, 4.69) is 29.6 Å². The average molecular weight is 409 g/mol. The van der Waals surface area contributed by atoms with E-state index in [-0.39, 0.29) is 17.7 Å². The van der Waals surface area contributed by atoms with Gasteiger partial charge in [-0.1, -0.05) is 50.2 Å². The fraction of sp³-hybridized carbons (Fsp3) is 0.440. The first-order valence-corrected chi connectivity index (χ1v) is 10.6. The van der Waals surface area contributed by atoms with E-state index in [0.29, 0.717) is 13.0 Å². The SMILES string of the molecule is CNC(=O)[C@@]1(Cc2ccc(-c3ccc(OC)cc3)cc2)CCCN(C(=O)C(C)C)C1. The summed E-state index contributed by atoms with van der Waals surface area (Å²) < 4.78 is 5.23. The first-order chi connectivity index (χ1) is 14.4. The molecular weight excluding hydrogens is 376 g/mol. The van der Waals surface area contributed by atoms with Crippen LogP contribution in [0.5, 0.6) is 5.75 Å². The highest BCUT2D eigenvalue weighted by Gasteiger charge is 2.43. The second-order valence-electron chi connectivity index (χ2n) is 8.48. The van der Waals surface area contributed by atoms with E-state index in [9.17, 15) is 9.59 Å². The van der Waals surface area contributed by atoms with Gasteiger partial charge in [0.2, 0.25) is 11.8 Å². The number of nitrogens with zero attached hydrogens (tertiary/aromatic N) is 1. The maximum Gasteiger partial charge on any atom is 0.228 e. The van der Waals surface area contributed by atoms with Crippen molar-refractivity contribution in [1.82, 2.24) is 10.2 Å². The highest BCUT2D eigenvalue weighted by Crippen LogP contribution is 2.35. The van der Waals surface area contributed by atoms with Gasteiger partial charge < -0.3 is 15.0 Å². The summed E-state index contributed by atoms with van der Waals surface area (Å²) in [7, 11) is 3.34. The molecule has 0 bridgehead atoms. The Labute approximate surface area is 179 Å².